The van der Waals surface area contributed by atoms with E-state index in [1.54, 1.807) is 17.1 Å². The molecule has 0 fully saturated rings. The zero-order valence-corrected chi connectivity index (χ0v) is 13.0. The van der Waals surface area contributed by atoms with Crippen LogP contribution in [0.2, 0.25) is 0 Å². The summed E-state index contributed by atoms with van der Waals surface area (Å²) in [6.07, 6.45) is 4.82. The highest BCUT2D eigenvalue weighted by molar-refractivity contribution is 5.92. The molecule has 2 heterocycles. The smallest absolute Gasteiger partial charge is 0.271 e. The van der Waals surface area contributed by atoms with E-state index >= 15 is 0 Å². The maximum Gasteiger partial charge on any atom is 0.271 e. The van der Waals surface area contributed by atoms with Crippen molar-refractivity contribution < 1.29 is 4.79 Å². The van der Waals surface area contributed by atoms with Gasteiger partial charge in [-0.1, -0.05) is 0 Å². The molecule has 1 amide bonds. The van der Waals surface area contributed by atoms with Crippen molar-refractivity contribution in [2.75, 3.05) is 19.0 Å². The highest BCUT2D eigenvalue weighted by Gasteiger charge is 2.16. The van der Waals surface area contributed by atoms with Crippen molar-refractivity contribution in [2.45, 2.75) is 19.9 Å². The number of carbonyl (C=O) groups excluding carboxylic acids is 1. The van der Waals surface area contributed by atoms with Crippen LogP contribution in [0.25, 0.3) is 0 Å². The van der Waals surface area contributed by atoms with Crippen LogP contribution in [-0.4, -0.2) is 39.8 Å². The van der Waals surface area contributed by atoms with E-state index in [1.807, 2.05) is 39.9 Å². The van der Waals surface area contributed by atoms with Crippen molar-refractivity contribution in [3.63, 3.8) is 0 Å². The lowest BCUT2D eigenvalue weighted by Gasteiger charge is -2.14. The van der Waals surface area contributed by atoms with Gasteiger partial charge in [-0.2, -0.15) is 5.10 Å². The Bertz CT molecular complexity index is 631. The Hall–Kier alpha value is -2.44. The molecule has 0 bridgehead atoms. The Balaban J connectivity index is 2.09. The van der Waals surface area contributed by atoms with Crippen LogP contribution in [0, 0.1) is 6.92 Å². The zero-order chi connectivity index (χ0) is 15.6. The van der Waals surface area contributed by atoms with Crippen LogP contribution in [0.4, 0.5) is 5.82 Å². The Kier molecular flexibility index (Phi) is 4.21. The predicted octanol–water partition coefficient (Wildman–Crippen LogP) is 1.08. The van der Waals surface area contributed by atoms with Crippen LogP contribution in [0.15, 0.2) is 18.6 Å². The van der Waals surface area contributed by atoms with Crippen molar-refractivity contribution in [3.8, 4) is 0 Å². The summed E-state index contributed by atoms with van der Waals surface area (Å²) in [5, 5.41) is 7.09. The molecule has 0 spiro atoms. The van der Waals surface area contributed by atoms with E-state index in [2.05, 4.69) is 20.4 Å². The van der Waals surface area contributed by atoms with E-state index < -0.39 is 0 Å². The maximum atomic E-state index is 12.2. The third-order valence-corrected chi connectivity index (χ3v) is 3.42. The van der Waals surface area contributed by atoms with Gasteiger partial charge in [0.05, 0.1) is 24.6 Å². The molecule has 1 atom stereocenters. The summed E-state index contributed by atoms with van der Waals surface area (Å²) in [6, 6.07) is -0.137. The molecule has 1 unspecified atom stereocenters. The highest BCUT2D eigenvalue weighted by atomic mass is 16.1. The molecular weight excluding hydrogens is 268 g/mol. The monoisotopic (exact) mass is 288 g/mol. The molecule has 7 heteroatoms. The molecule has 0 aliphatic carbocycles. The number of amides is 1. The van der Waals surface area contributed by atoms with Gasteiger partial charge in [-0.05, 0) is 13.8 Å². The molecule has 2 aromatic heterocycles. The molecule has 0 aliphatic rings. The van der Waals surface area contributed by atoms with Gasteiger partial charge in [-0.15, -0.1) is 0 Å². The first-order valence-corrected chi connectivity index (χ1v) is 6.69. The van der Waals surface area contributed by atoms with Gasteiger partial charge in [0.1, 0.15) is 11.5 Å². The van der Waals surface area contributed by atoms with E-state index in [-0.39, 0.29) is 11.9 Å². The van der Waals surface area contributed by atoms with Gasteiger partial charge < -0.3 is 10.2 Å². The van der Waals surface area contributed by atoms with E-state index in [0.717, 1.165) is 11.3 Å². The Morgan fingerprint density at radius 3 is 2.48 bits per heavy atom. The second-order valence-electron chi connectivity index (χ2n) is 5.16. The molecule has 0 aromatic carbocycles. The second kappa shape index (κ2) is 5.90. The predicted molar refractivity (Wildman–Crippen MR) is 80.2 cm³/mol. The van der Waals surface area contributed by atoms with E-state index in [0.29, 0.717) is 11.5 Å². The van der Waals surface area contributed by atoms with Crippen LogP contribution in [-0.2, 0) is 7.05 Å². The summed E-state index contributed by atoms with van der Waals surface area (Å²) in [7, 11) is 5.62. The average molecular weight is 288 g/mol. The van der Waals surface area contributed by atoms with Crippen molar-refractivity contribution in [1.82, 2.24) is 25.1 Å². The summed E-state index contributed by atoms with van der Waals surface area (Å²) in [4.78, 5) is 22.3. The molecular formula is C14H20N6O. The molecule has 21 heavy (non-hydrogen) atoms. The van der Waals surface area contributed by atoms with Crippen LogP contribution in [0.5, 0.6) is 0 Å². The Morgan fingerprint density at radius 1 is 1.29 bits per heavy atom. The second-order valence-corrected chi connectivity index (χ2v) is 5.16. The van der Waals surface area contributed by atoms with Gasteiger partial charge in [0.25, 0.3) is 5.91 Å². The van der Waals surface area contributed by atoms with Crippen molar-refractivity contribution in [3.05, 3.63) is 35.5 Å². The fraction of sp³-hybridized carbons (Fsp3) is 0.429. The quantitative estimate of drug-likeness (QED) is 0.911. The first kappa shape index (κ1) is 15.0. The first-order chi connectivity index (χ1) is 9.90. The first-order valence-electron chi connectivity index (χ1n) is 6.69. The van der Waals surface area contributed by atoms with Gasteiger partial charge in [-0.3, -0.25) is 9.48 Å². The van der Waals surface area contributed by atoms with Gasteiger partial charge in [0.15, 0.2) is 0 Å². The normalized spacial score (nSPS) is 12.0. The van der Waals surface area contributed by atoms with Gasteiger partial charge in [-0.25, -0.2) is 9.97 Å². The number of anilines is 1. The number of nitrogens with zero attached hydrogens (tertiary/aromatic N) is 5. The van der Waals surface area contributed by atoms with Crippen LogP contribution in [0.1, 0.15) is 34.7 Å². The lowest BCUT2D eigenvalue weighted by molar-refractivity contribution is 0.0934. The molecule has 2 aromatic rings. The number of rotatable bonds is 4. The van der Waals surface area contributed by atoms with Gasteiger partial charge in [0.2, 0.25) is 0 Å². The molecule has 1 N–H and O–H groups in total. The summed E-state index contributed by atoms with van der Waals surface area (Å²) in [5.74, 6) is 0.464. The molecule has 0 saturated carbocycles. The number of aromatic nitrogens is 4. The number of hydrogen-bond donors (Lipinski definition) is 1. The molecule has 0 radical (unpaired) electrons. The molecule has 7 nitrogen and oxygen atoms in total. The molecule has 112 valence electrons. The van der Waals surface area contributed by atoms with E-state index in [1.165, 1.54) is 6.20 Å². The fourth-order valence-electron chi connectivity index (χ4n) is 1.96. The largest absolute Gasteiger partial charge is 0.361 e. The van der Waals surface area contributed by atoms with Crippen LogP contribution < -0.4 is 10.2 Å². The number of carbonyl (C=O) groups is 1. The Labute approximate surface area is 124 Å². The number of aryl methyl sites for hydroxylation is 1. The minimum atomic E-state index is -0.247. The third-order valence-electron chi connectivity index (χ3n) is 3.42. The van der Waals surface area contributed by atoms with Gasteiger partial charge >= 0.3 is 0 Å². The molecule has 0 saturated heterocycles. The maximum absolute atomic E-state index is 12.2. The fourth-order valence-corrected chi connectivity index (χ4v) is 1.96. The molecule has 2 rings (SSSR count). The van der Waals surface area contributed by atoms with Crippen molar-refractivity contribution in [1.29, 1.82) is 0 Å². The summed E-state index contributed by atoms with van der Waals surface area (Å²) < 4.78 is 1.78. The standard InChI is InChI=1S/C14H20N6O/c1-9(11-6-17-20(5)10(11)2)18-14(21)12-7-16-13(8-15-12)19(3)4/h6-9H,1-5H3,(H,18,21). The van der Waals surface area contributed by atoms with Crippen LogP contribution >= 0.6 is 0 Å². The lowest BCUT2D eigenvalue weighted by atomic mass is 10.1. The van der Waals surface area contributed by atoms with Gasteiger partial charge in [0, 0.05) is 32.4 Å². The van der Waals surface area contributed by atoms with E-state index in [9.17, 15) is 4.79 Å². The number of nitrogens with one attached hydrogen (secondary N) is 1. The highest BCUT2D eigenvalue weighted by Crippen LogP contribution is 2.16. The third kappa shape index (κ3) is 3.18. The summed E-state index contributed by atoms with van der Waals surface area (Å²) >= 11 is 0. The zero-order valence-electron chi connectivity index (χ0n) is 13.0. The van der Waals surface area contributed by atoms with Crippen LogP contribution in [0.3, 0.4) is 0 Å². The van der Waals surface area contributed by atoms with Crippen molar-refractivity contribution in [2.24, 2.45) is 7.05 Å². The minimum Gasteiger partial charge on any atom is -0.361 e. The average Bonchev–Trinajstić information content (AvgIpc) is 2.79. The SMILES string of the molecule is Cc1c(C(C)NC(=O)c2cnc(N(C)C)cn2)cnn1C. The summed E-state index contributed by atoms with van der Waals surface area (Å²) in [6.45, 7) is 3.89. The Morgan fingerprint density at radius 2 is 2.00 bits per heavy atom. The van der Waals surface area contributed by atoms with Crippen molar-refractivity contribution >= 4 is 11.7 Å². The van der Waals surface area contributed by atoms with E-state index in [4.69, 9.17) is 0 Å². The topological polar surface area (TPSA) is 75.9 Å². The molecule has 0 aliphatic heterocycles. The lowest BCUT2D eigenvalue weighted by Crippen LogP contribution is -2.28. The summed E-state index contributed by atoms with van der Waals surface area (Å²) in [5.41, 5.74) is 2.31. The minimum absolute atomic E-state index is 0.137. The number of hydrogen-bond acceptors (Lipinski definition) is 5.